The third kappa shape index (κ3) is 3.30. The molecule has 1 heterocycles. The van der Waals surface area contributed by atoms with Crippen molar-refractivity contribution in [1.82, 2.24) is 0 Å². The molecule has 0 spiro atoms. The molecule has 2 heteroatoms. The topological polar surface area (TPSA) is 21.8 Å². The molecule has 0 aromatic heterocycles. The van der Waals surface area contributed by atoms with Gasteiger partial charge < -0.3 is 9.47 Å². The van der Waals surface area contributed by atoms with Crippen LogP contribution >= 0.6 is 0 Å². The van der Waals surface area contributed by atoms with Gasteiger partial charge in [-0.2, -0.15) is 0 Å². The van der Waals surface area contributed by atoms with E-state index in [4.69, 9.17) is 9.47 Å². The van der Waals surface area contributed by atoms with E-state index >= 15 is 0 Å². The van der Waals surface area contributed by atoms with Crippen LogP contribution in [-0.2, 0) is 4.74 Å². The Labute approximate surface area is 117 Å². The van der Waals surface area contributed by atoms with Gasteiger partial charge in [-0.25, -0.2) is 0 Å². The lowest BCUT2D eigenvalue weighted by Gasteiger charge is -2.19. The molecule has 1 fully saturated rings. The van der Waals surface area contributed by atoms with Crippen molar-refractivity contribution in [3.63, 3.8) is 0 Å². The van der Waals surface area contributed by atoms with E-state index in [0.717, 1.165) is 25.2 Å². The largest absolute Gasteiger partial charge is 0.493 e. The molecule has 1 aliphatic heterocycles. The van der Waals surface area contributed by atoms with Crippen LogP contribution in [0.25, 0.3) is 0 Å². The fourth-order valence-electron chi connectivity index (χ4n) is 2.92. The molecule has 0 radical (unpaired) electrons. The molecule has 1 aromatic carbocycles. The molecular formula is C17H26O2. The van der Waals surface area contributed by atoms with Crippen molar-refractivity contribution in [2.75, 3.05) is 6.61 Å². The van der Waals surface area contributed by atoms with E-state index in [-0.39, 0.29) is 0 Å². The van der Waals surface area contributed by atoms with Gasteiger partial charge in [0.05, 0.1) is 18.8 Å². The first-order valence-corrected chi connectivity index (χ1v) is 7.46. The first-order chi connectivity index (χ1) is 9.06. The number of aryl methyl sites for hydroxylation is 2. The van der Waals surface area contributed by atoms with Crippen LogP contribution < -0.4 is 4.74 Å². The standard InChI is InChI=1S/C17H26O2/c1-6-15-16(19-15)10-12(4)14-9-11(3)8-13(5)17(14)18-7-2/h8-9,12,15-16H,6-7,10H2,1-5H3. The van der Waals surface area contributed by atoms with E-state index < -0.39 is 0 Å². The Kier molecular flexibility index (Phi) is 4.51. The summed E-state index contributed by atoms with van der Waals surface area (Å²) < 4.78 is 11.5. The molecule has 1 aromatic rings. The molecule has 1 aliphatic rings. The summed E-state index contributed by atoms with van der Waals surface area (Å²) in [6, 6.07) is 4.47. The minimum absolute atomic E-state index is 0.454. The Hall–Kier alpha value is -1.02. The third-order valence-electron chi connectivity index (χ3n) is 3.94. The molecule has 3 atom stereocenters. The van der Waals surface area contributed by atoms with Gasteiger partial charge in [0, 0.05) is 0 Å². The summed E-state index contributed by atoms with van der Waals surface area (Å²) in [5.41, 5.74) is 3.89. The Bertz CT molecular complexity index is 439. The summed E-state index contributed by atoms with van der Waals surface area (Å²) in [6.07, 6.45) is 3.17. The molecule has 0 saturated carbocycles. The van der Waals surface area contributed by atoms with Crippen LogP contribution in [-0.4, -0.2) is 18.8 Å². The maximum atomic E-state index is 5.86. The molecule has 2 nitrogen and oxygen atoms in total. The number of epoxide rings is 1. The zero-order valence-electron chi connectivity index (χ0n) is 12.8. The van der Waals surface area contributed by atoms with Crippen molar-refractivity contribution >= 4 is 0 Å². The highest BCUT2D eigenvalue weighted by molar-refractivity contribution is 5.45. The molecule has 2 rings (SSSR count). The summed E-state index contributed by atoms with van der Waals surface area (Å²) in [7, 11) is 0. The predicted molar refractivity (Wildman–Crippen MR) is 79.1 cm³/mol. The van der Waals surface area contributed by atoms with Crippen LogP contribution in [0.1, 0.15) is 56.2 Å². The average Bonchev–Trinajstić information content (AvgIpc) is 3.10. The molecule has 1 saturated heterocycles. The zero-order valence-corrected chi connectivity index (χ0v) is 12.8. The van der Waals surface area contributed by atoms with Gasteiger partial charge in [-0.1, -0.05) is 31.5 Å². The first kappa shape index (κ1) is 14.4. The molecule has 0 amide bonds. The maximum absolute atomic E-state index is 5.86. The van der Waals surface area contributed by atoms with Gasteiger partial charge in [0.1, 0.15) is 5.75 Å². The smallest absolute Gasteiger partial charge is 0.125 e. The number of benzene rings is 1. The SMILES string of the molecule is CCOc1c(C)cc(C)cc1C(C)CC1OC1CC. The fraction of sp³-hybridized carbons (Fsp3) is 0.647. The van der Waals surface area contributed by atoms with Crippen LogP contribution in [0.15, 0.2) is 12.1 Å². The van der Waals surface area contributed by atoms with Gasteiger partial charge in [-0.15, -0.1) is 0 Å². The second-order valence-electron chi connectivity index (χ2n) is 5.69. The maximum Gasteiger partial charge on any atom is 0.125 e. The first-order valence-electron chi connectivity index (χ1n) is 7.46. The Morgan fingerprint density at radius 3 is 2.53 bits per heavy atom. The van der Waals surface area contributed by atoms with Crippen molar-refractivity contribution in [3.05, 3.63) is 28.8 Å². The lowest BCUT2D eigenvalue weighted by atomic mass is 9.91. The monoisotopic (exact) mass is 262 g/mol. The van der Waals surface area contributed by atoms with Crippen molar-refractivity contribution in [2.45, 2.75) is 65.6 Å². The highest BCUT2D eigenvalue weighted by Crippen LogP contribution is 2.38. The van der Waals surface area contributed by atoms with Crippen LogP contribution in [0.5, 0.6) is 5.75 Å². The van der Waals surface area contributed by atoms with Gasteiger partial charge in [-0.3, -0.25) is 0 Å². The summed E-state index contributed by atoms with van der Waals surface area (Å²) in [4.78, 5) is 0. The second-order valence-corrected chi connectivity index (χ2v) is 5.69. The van der Waals surface area contributed by atoms with Crippen LogP contribution in [0, 0.1) is 13.8 Å². The van der Waals surface area contributed by atoms with Crippen LogP contribution in [0.2, 0.25) is 0 Å². The van der Waals surface area contributed by atoms with E-state index in [1.807, 2.05) is 6.92 Å². The van der Waals surface area contributed by atoms with Gasteiger partial charge in [0.25, 0.3) is 0 Å². The highest BCUT2D eigenvalue weighted by atomic mass is 16.6. The normalized spacial score (nSPS) is 23.2. The summed E-state index contributed by atoms with van der Waals surface area (Å²) >= 11 is 0. The Morgan fingerprint density at radius 1 is 1.21 bits per heavy atom. The average molecular weight is 262 g/mol. The molecule has 3 unspecified atom stereocenters. The van der Waals surface area contributed by atoms with Crippen molar-refractivity contribution in [3.8, 4) is 5.75 Å². The summed E-state index contributed by atoms with van der Waals surface area (Å²) in [6.45, 7) is 11.5. The van der Waals surface area contributed by atoms with Gasteiger partial charge in [0.15, 0.2) is 0 Å². The highest BCUT2D eigenvalue weighted by Gasteiger charge is 2.38. The van der Waals surface area contributed by atoms with Crippen molar-refractivity contribution in [2.24, 2.45) is 0 Å². The van der Waals surface area contributed by atoms with Crippen LogP contribution in [0.4, 0.5) is 0 Å². The van der Waals surface area contributed by atoms with Crippen molar-refractivity contribution < 1.29 is 9.47 Å². The van der Waals surface area contributed by atoms with Gasteiger partial charge in [0.2, 0.25) is 0 Å². The third-order valence-corrected chi connectivity index (χ3v) is 3.94. The summed E-state index contributed by atoms with van der Waals surface area (Å²) in [5.74, 6) is 1.57. The van der Waals surface area contributed by atoms with Gasteiger partial charge >= 0.3 is 0 Å². The molecule has 106 valence electrons. The quantitative estimate of drug-likeness (QED) is 0.710. The number of ether oxygens (including phenoxy) is 2. The molecule has 0 N–H and O–H groups in total. The second kappa shape index (κ2) is 5.96. The summed E-state index contributed by atoms with van der Waals surface area (Å²) in [5, 5.41) is 0. The number of hydrogen-bond acceptors (Lipinski definition) is 2. The molecule has 0 aliphatic carbocycles. The van der Waals surface area contributed by atoms with E-state index in [2.05, 4.69) is 39.8 Å². The minimum atomic E-state index is 0.454. The van der Waals surface area contributed by atoms with E-state index in [1.54, 1.807) is 0 Å². The number of hydrogen-bond donors (Lipinski definition) is 0. The molecule has 19 heavy (non-hydrogen) atoms. The Balaban J connectivity index is 2.17. The molecular weight excluding hydrogens is 236 g/mol. The predicted octanol–water partition coefficient (Wildman–Crippen LogP) is 4.37. The molecule has 0 bridgehead atoms. The fourth-order valence-corrected chi connectivity index (χ4v) is 2.92. The van der Waals surface area contributed by atoms with E-state index in [0.29, 0.717) is 18.1 Å². The zero-order chi connectivity index (χ0) is 14.0. The Morgan fingerprint density at radius 2 is 1.95 bits per heavy atom. The van der Waals surface area contributed by atoms with Crippen molar-refractivity contribution in [1.29, 1.82) is 0 Å². The minimum Gasteiger partial charge on any atom is -0.493 e. The number of rotatable bonds is 6. The van der Waals surface area contributed by atoms with E-state index in [9.17, 15) is 0 Å². The van der Waals surface area contributed by atoms with E-state index in [1.165, 1.54) is 16.7 Å². The lowest BCUT2D eigenvalue weighted by molar-refractivity contribution is 0.327. The lowest BCUT2D eigenvalue weighted by Crippen LogP contribution is -2.06. The van der Waals surface area contributed by atoms with Gasteiger partial charge in [-0.05, 0) is 50.7 Å². The van der Waals surface area contributed by atoms with Crippen LogP contribution in [0.3, 0.4) is 0 Å².